The van der Waals surface area contributed by atoms with Crippen molar-refractivity contribution < 1.29 is 9.59 Å². The number of anilines is 1. The van der Waals surface area contributed by atoms with Gasteiger partial charge in [0.15, 0.2) is 0 Å². The molecule has 0 atom stereocenters. The topological polar surface area (TPSA) is 68.4 Å². The Morgan fingerprint density at radius 1 is 0.805 bits per heavy atom. The fourth-order valence-corrected chi connectivity index (χ4v) is 5.36. The Kier molecular flexibility index (Phi) is 10.2. The summed E-state index contributed by atoms with van der Waals surface area (Å²) >= 11 is 0. The summed E-state index contributed by atoms with van der Waals surface area (Å²) in [5.41, 5.74) is 6.43. The lowest BCUT2D eigenvalue weighted by Gasteiger charge is -2.29. The zero-order valence-electron chi connectivity index (χ0n) is 25.1. The van der Waals surface area contributed by atoms with E-state index in [0.29, 0.717) is 19.6 Å². The molecule has 0 spiro atoms. The first-order valence-corrected chi connectivity index (χ1v) is 14.8. The van der Waals surface area contributed by atoms with Crippen LogP contribution in [0.4, 0.5) is 10.5 Å². The van der Waals surface area contributed by atoms with Gasteiger partial charge in [-0.1, -0.05) is 101 Å². The average molecular weight is 553 g/mol. The Balaban J connectivity index is 1.54. The number of hydrogen-bond acceptors (Lipinski definition) is 2. The fourth-order valence-electron chi connectivity index (χ4n) is 5.36. The summed E-state index contributed by atoms with van der Waals surface area (Å²) in [5, 5.41) is 4.38. The molecule has 6 heteroatoms. The molecule has 3 aromatic carbocycles. The molecule has 0 saturated heterocycles. The third kappa shape index (κ3) is 7.57. The van der Waals surface area contributed by atoms with Crippen LogP contribution in [0.3, 0.4) is 0 Å². The molecule has 41 heavy (non-hydrogen) atoms. The molecular weight excluding hydrogens is 508 g/mol. The number of carbonyl (C=O) groups excluding carboxylic acids is 2. The number of para-hydroxylation sites is 2. The highest BCUT2D eigenvalue weighted by Crippen LogP contribution is 2.32. The van der Waals surface area contributed by atoms with Gasteiger partial charge in [0.05, 0.1) is 0 Å². The summed E-state index contributed by atoms with van der Waals surface area (Å²) in [4.78, 5) is 34.4. The Hall–Kier alpha value is -4.06. The third-order valence-electron chi connectivity index (χ3n) is 7.61. The van der Waals surface area contributed by atoms with Crippen LogP contribution in [-0.4, -0.2) is 46.4 Å². The molecule has 0 aliphatic heterocycles. The van der Waals surface area contributed by atoms with Gasteiger partial charge >= 0.3 is 6.03 Å². The number of benzene rings is 3. The number of nitrogens with zero attached hydrogens (tertiary/aromatic N) is 2. The number of hydrogen-bond donors (Lipinski definition) is 2. The monoisotopic (exact) mass is 552 g/mol. The summed E-state index contributed by atoms with van der Waals surface area (Å²) in [6.45, 7) is 12.2. The summed E-state index contributed by atoms with van der Waals surface area (Å²) in [7, 11) is 0. The number of amides is 3. The minimum Gasteiger partial charge on any atom is -0.361 e. The molecule has 0 aliphatic carbocycles. The van der Waals surface area contributed by atoms with Gasteiger partial charge in [-0.25, -0.2) is 4.79 Å². The van der Waals surface area contributed by atoms with Crippen molar-refractivity contribution in [2.24, 2.45) is 0 Å². The van der Waals surface area contributed by atoms with Crippen molar-refractivity contribution >= 4 is 28.5 Å². The highest BCUT2D eigenvalue weighted by Gasteiger charge is 2.24. The SMILES string of the molecule is CCCN(CC(=O)N(CCc1c[nH]c2ccccc12)Cc1ccccc1)C(=O)Nc1c(C(C)C)cccc1C(C)C. The summed E-state index contributed by atoms with van der Waals surface area (Å²) < 4.78 is 0. The van der Waals surface area contributed by atoms with Gasteiger partial charge in [-0.3, -0.25) is 4.79 Å². The van der Waals surface area contributed by atoms with Gasteiger partial charge in [0, 0.05) is 42.4 Å². The van der Waals surface area contributed by atoms with Gasteiger partial charge in [0.2, 0.25) is 5.91 Å². The minimum absolute atomic E-state index is 0.0290. The van der Waals surface area contributed by atoms with E-state index < -0.39 is 0 Å². The van der Waals surface area contributed by atoms with Gasteiger partial charge in [0.25, 0.3) is 0 Å². The predicted molar refractivity (Wildman–Crippen MR) is 169 cm³/mol. The highest BCUT2D eigenvalue weighted by atomic mass is 16.2. The van der Waals surface area contributed by atoms with Gasteiger partial charge in [-0.15, -0.1) is 0 Å². The number of nitrogens with one attached hydrogen (secondary N) is 2. The molecular formula is C35H44N4O2. The van der Waals surface area contributed by atoms with Crippen LogP contribution in [-0.2, 0) is 17.8 Å². The predicted octanol–water partition coefficient (Wildman–Crippen LogP) is 7.93. The number of urea groups is 1. The molecule has 216 valence electrons. The van der Waals surface area contributed by atoms with Gasteiger partial charge in [-0.05, 0) is 53.0 Å². The van der Waals surface area contributed by atoms with Crippen molar-refractivity contribution in [1.29, 1.82) is 0 Å². The van der Waals surface area contributed by atoms with Gasteiger partial charge in [-0.2, -0.15) is 0 Å². The van der Waals surface area contributed by atoms with E-state index in [4.69, 9.17) is 0 Å². The van der Waals surface area contributed by atoms with Crippen molar-refractivity contribution in [1.82, 2.24) is 14.8 Å². The van der Waals surface area contributed by atoms with Crippen LogP contribution in [0.25, 0.3) is 10.9 Å². The molecule has 1 aromatic heterocycles. The second-order valence-electron chi connectivity index (χ2n) is 11.4. The van der Waals surface area contributed by atoms with E-state index in [1.54, 1.807) is 4.90 Å². The zero-order chi connectivity index (χ0) is 29.4. The summed E-state index contributed by atoms with van der Waals surface area (Å²) in [5.74, 6) is 0.464. The van der Waals surface area contributed by atoms with E-state index in [1.807, 2.05) is 60.5 Å². The molecule has 0 saturated carbocycles. The second kappa shape index (κ2) is 14.0. The Labute approximate surface area is 244 Å². The largest absolute Gasteiger partial charge is 0.361 e. The van der Waals surface area contributed by atoms with Crippen molar-refractivity contribution in [3.63, 3.8) is 0 Å². The molecule has 0 bridgehead atoms. The molecule has 1 heterocycles. The van der Waals surface area contributed by atoms with Crippen LogP contribution in [0.2, 0.25) is 0 Å². The molecule has 2 N–H and O–H groups in total. The second-order valence-corrected chi connectivity index (χ2v) is 11.4. The van der Waals surface area contributed by atoms with Crippen molar-refractivity contribution in [2.45, 2.75) is 65.8 Å². The number of carbonyl (C=O) groups is 2. The number of aromatic nitrogens is 1. The number of H-pyrrole nitrogens is 1. The van der Waals surface area contributed by atoms with Crippen LogP contribution < -0.4 is 5.32 Å². The molecule has 4 rings (SSSR count). The van der Waals surface area contributed by atoms with Crippen LogP contribution in [0.5, 0.6) is 0 Å². The molecule has 4 aromatic rings. The van der Waals surface area contributed by atoms with E-state index in [-0.39, 0.29) is 30.3 Å². The standard InChI is InChI=1S/C35H44N4O2/c1-6-20-39(35(41)37-34-29(25(2)3)16-12-17-30(34)26(4)5)24-33(40)38(23-27-13-8-7-9-14-27)21-19-28-22-36-32-18-11-10-15-31(28)32/h7-18,22,25-26,36H,6,19-21,23-24H2,1-5H3,(H,37,41). The van der Waals surface area contributed by atoms with Gasteiger partial charge < -0.3 is 20.1 Å². The van der Waals surface area contributed by atoms with Crippen molar-refractivity contribution in [2.75, 3.05) is 25.0 Å². The molecule has 6 nitrogen and oxygen atoms in total. The van der Waals surface area contributed by atoms with E-state index in [2.05, 4.69) is 68.3 Å². The maximum Gasteiger partial charge on any atom is 0.322 e. The van der Waals surface area contributed by atoms with E-state index >= 15 is 0 Å². The first-order chi connectivity index (χ1) is 19.8. The lowest BCUT2D eigenvalue weighted by molar-refractivity contribution is -0.132. The smallest absolute Gasteiger partial charge is 0.322 e. The lowest BCUT2D eigenvalue weighted by atomic mass is 9.93. The molecule has 0 radical (unpaired) electrons. The van der Waals surface area contributed by atoms with Crippen molar-refractivity contribution in [3.05, 3.63) is 101 Å². The van der Waals surface area contributed by atoms with E-state index in [9.17, 15) is 9.59 Å². The molecule has 0 unspecified atom stereocenters. The number of rotatable bonds is 12. The van der Waals surface area contributed by atoms with Crippen LogP contribution in [0.1, 0.15) is 75.1 Å². The quantitative estimate of drug-likeness (QED) is 0.187. The van der Waals surface area contributed by atoms with Crippen molar-refractivity contribution in [3.8, 4) is 0 Å². The first kappa shape index (κ1) is 29.9. The number of fused-ring (bicyclic) bond motifs is 1. The minimum atomic E-state index is -0.230. The Bertz CT molecular complexity index is 1410. The third-order valence-corrected chi connectivity index (χ3v) is 7.61. The molecule has 0 fully saturated rings. The lowest BCUT2D eigenvalue weighted by Crippen LogP contribution is -2.45. The zero-order valence-corrected chi connectivity index (χ0v) is 25.1. The first-order valence-electron chi connectivity index (χ1n) is 14.8. The van der Waals surface area contributed by atoms with Crippen LogP contribution in [0, 0.1) is 0 Å². The Morgan fingerprint density at radius 2 is 1.46 bits per heavy atom. The maximum absolute atomic E-state index is 13.9. The molecule has 0 aliphatic rings. The normalized spacial score (nSPS) is 11.3. The number of aromatic amines is 1. The van der Waals surface area contributed by atoms with E-state index in [1.165, 1.54) is 10.9 Å². The average Bonchev–Trinajstić information content (AvgIpc) is 3.38. The summed E-state index contributed by atoms with van der Waals surface area (Å²) in [6, 6.07) is 24.3. The van der Waals surface area contributed by atoms with Crippen LogP contribution in [0.15, 0.2) is 79.0 Å². The maximum atomic E-state index is 13.9. The Morgan fingerprint density at radius 3 is 2.12 bits per heavy atom. The van der Waals surface area contributed by atoms with Gasteiger partial charge in [0.1, 0.15) is 6.54 Å². The molecule has 3 amide bonds. The van der Waals surface area contributed by atoms with E-state index in [0.717, 1.165) is 40.7 Å². The summed E-state index contributed by atoms with van der Waals surface area (Å²) in [6.07, 6.45) is 3.52. The highest BCUT2D eigenvalue weighted by molar-refractivity contribution is 5.94. The van der Waals surface area contributed by atoms with Crippen LogP contribution >= 0.6 is 0 Å². The fraction of sp³-hybridized carbons (Fsp3) is 0.371.